The minimum atomic E-state index is -0.453. The minimum Gasteiger partial charge on any atom is -0.465 e. The van der Waals surface area contributed by atoms with E-state index in [-0.39, 0.29) is 5.17 Å². The lowest BCUT2D eigenvalue weighted by atomic mass is 10.1. The van der Waals surface area contributed by atoms with Crippen LogP contribution >= 0.6 is 27.5 Å². The third-order valence-corrected chi connectivity index (χ3v) is 2.65. The van der Waals surface area contributed by atoms with Crippen molar-refractivity contribution < 1.29 is 14.7 Å². The van der Waals surface area contributed by atoms with E-state index < -0.39 is 5.97 Å². The topological polar surface area (TPSA) is 58.9 Å². The first-order chi connectivity index (χ1) is 7.10. The molecule has 0 saturated heterocycles. The number of halogens is 2. The van der Waals surface area contributed by atoms with Gasteiger partial charge in [-0.25, -0.2) is 4.79 Å². The van der Waals surface area contributed by atoms with E-state index in [1.54, 1.807) is 12.1 Å². The van der Waals surface area contributed by atoms with Crippen LogP contribution in [0.4, 0.5) is 0 Å². The first kappa shape index (κ1) is 12.0. The molecular weight excluding hydrogens is 285 g/mol. The van der Waals surface area contributed by atoms with Gasteiger partial charge in [-0.05, 0) is 28.1 Å². The Bertz CT molecular complexity index is 420. The van der Waals surface area contributed by atoms with Crippen LogP contribution < -0.4 is 0 Å². The third kappa shape index (κ3) is 2.70. The molecule has 0 radical (unpaired) electrons. The van der Waals surface area contributed by atoms with Crippen molar-refractivity contribution in [2.75, 3.05) is 7.11 Å². The molecule has 0 aliphatic carbocycles. The Morgan fingerprint density at radius 3 is 2.73 bits per heavy atom. The zero-order valence-corrected chi connectivity index (χ0v) is 10.0. The number of methoxy groups -OCH3 is 1. The smallest absolute Gasteiger partial charge is 0.339 e. The molecule has 0 spiro atoms. The fraction of sp³-hybridized carbons (Fsp3) is 0.111. The number of ether oxygens (including phenoxy) is 1. The van der Waals surface area contributed by atoms with Crippen LogP contribution in [0.15, 0.2) is 27.8 Å². The number of carbonyl (C=O) groups is 1. The summed E-state index contributed by atoms with van der Waals surface area (Å²) >= 11 is 8.78. The predicted molar refractivity (Wildman–Crippen MR) is 59.7 cm³/mol. The molecule has 0 aliphatic rings. The van der Waals surface area contributed by atoms with Crippen molar-refractivity contribution in [3.05, 3.63) is 33.8 Å². The standard InChI is InChI=1S/C9H7BrClNO3/c1-15-9(13)6-3-2-5(4-7(6)10)8(11)12-14/h2-4,14H,1H3/b12-8+. The van der Waals surface area contributed by atoms with E-state index in [2.05, 4.69) is 25.8 Å². The normalized spacial score (nSPS) is 11.3. The summed E-state index contributed by atoms with van der Waals surface area (Å²) in [5.74, 6) is -0.453. The Morgan fingerprint density at radius 1 is 1.60 bits per heavy atom. The molecule has 15 heavy (non-hydrogen) atoms. The third-order valence-electron chi connectivity index (χ3n) is 1.70. The maximum absolute atomic E-state index is 11.2. The van der Waals surface area contributed by atoms with Gasteiger partial charge in [-0.2, -0.15) is 0 Å². The highest BCUT2D eigenvalue weighted by Crippen LogP contribution is 2.20. The molecule has 0 amide bonds. The van der Waals surface area contributed by atoms with Crippen LogP contribution in [0.5, 0.6) is 0 Å². The van der Waals surface area contributed by atoms with E-state index in [1.807, 2.05) is 0 Å². The van der Waals surface area contributed by atoms with E-state index in [9.17, 15) is 4.79 Å². The molecule has 1 aromatic carbocycles. The summed E-state index contributed by atoms with van der Waals surface area (Å²) in [6.45, 7) is 0. The molecule has 4 nitrogen and oxygen atoms in total. The Labute approximate surface area is 99.6 Å². The molecule has 1 aromatic rings. The lowest BCUT2D eigenvalue weighted by molar-refractivity contribution is 0.0599. The number of nitrogens with zero attached hydrogens (tertiary/aromatic N) is 1. The van der Waals surface area contributed by atoms with Crippen molar-refractivity contribution in [1.29, 1.82) is 0 Å². The highest BCUT2D eigenvalue weighted by atomic mass is 79.9. The van der Waals surface area contributed by atoms with Gasteiger partial charge in [0.15, 0.2) is 5.17 Å². The summed E-state index contributed by atoms with van der Waals surface area (Å²) in [7, 11) is 1.30. The van der Waals surface area contributed by atoms with Gasteiger partial charge in [0.25, 0.3) is 0 Å². The van der Waals surface area contributed by atoms with Gasteiger partial charge in [0.2, 0.25) is 0 Å². The van der Waals surface area contributed by atoms with Crippen molar-refractivity contribution in [1.82, 2.24) is 0 Å². The highest BCUT2D eigenvalue weighted by molar-refractivity contribution is 9.10. The van der Waals surface area contributed by atoms with Gasteiger partial charge >= 0.3 is 5.97 Å². The number of esters is 1. The van der Waals surface area contributed by atoms with Crippen LogP contribution in [0, 0.1) is 0 Å². The minimum absolute atomic E-state index is 0.0490. The lowest BCUT2D eigenvalue weighted by Gasteiger charge is -2.03. The fourth-order valence-corrected chi connectivity index (χ4v) is 1.63. The van der Waals surface area contributed by atoms with E-state index >= 15 is 0 Å². The second-order valence-electron chi connectivity index (χ2n) is 2.58. The highest BCUT2D eigenvalue weighted by Gasteiger charge is 2.11. The molecule has 0 bridgehead atoms. The van der Waals surface area contributed by atoms with Gasteiger partial charge < -0.3 is 9.94 Å². The predicted octanol–water partition coefficient (Wildman–Crippen LogP) is 2.61. The maximum Gasteiger partial charge on any atom is 0.339 e. The average molecular weight is 293 g/mol. The molecule has 0 saturated carbocycles. The first-order valence-electron chi connectivity index (χ1n) is 3.86. The lowest BCUT2D eigenvalue weighted by Crippen LogP contribution is -2.03. The number of rotatable bonds is 2. The Morgan fingerprint density at radius 2 is 2.27 bits per heavy atom. The van der Waals surface area contributed by atoms with Crippen LogP contribution in [0.3, 0.4) is 0 Å². The van der Waals surface area contributed by atoms with Crippen LogP contribution in [-0.4, -0.2) is 23.5 Å². The molecule has 6 heteroatoms. The Balaban J connectivity index is 3.14. The second-order valence-corrected chi connectivity index (χ2v) is 3.79. The van der Waals surface area contributed by atoms with Crippen molar-refractivity contribution in [3.8, 4) is 0 Å². The summed E-state index contributed by atoms with van der Waals surface area (Å²) in [6.07, 6.45) is 0. The zero-order chi connectivity index (χ0) is 11.4. The van der Waals surface area contributed by atoms with Crippen LogP contribution in [-0.2, 0) is 4.74 Å². The largest absolute Gasteiger partial charge is 0.465 e. The van der Waals surface area contributed by atoms with E-state index in [1.165, 1.54) is 13.2 Å². The molecule has 0 unspecified atom stereocenters. The second kappa shape index (κ2) is 5.14. The van der Waals surface area contributed by atoms with Crippen LogP contribution in [0.2, 0.25) is 0 Å². The van der Waals surface area contributed by atoms with E-state index in [0.717, 1.165) is 0 Å². The maximum atomic E-state index is 11.2. The molecule has 1 N–H and O–H groups in total. The average Bonchev–Trinajstić information content (AvgIpc) is 2.26. The SMILES string of the molecule is COC(=O)c1ccc(/C(Cl)=N\O)cc1Br. The summed E-state index contributed by atoms with van der Waals surface area (Å²) in [4.78, 5) is 11.2. The van der Waals surface area contributed by atoms with Crippen molar-refractivity contribution in [2.24, 2.45) is 5.16 Å². The monoisotopic (exact) mass is 291 g/mol. The number of oxime groups is 1. The summed E-state index contributed by atoms with van der Waals surface area (Å²) in [5.41, 5.74) is 0.877. The van der Waals surface area contributed by atoms with Gasteiger partial charge in [0.05, 0.1) is 12.7 Å². The number of benzene rings is 1. The quantitative estimate of drug-likeness (QED) is 0.394. The summed E-state index contributed by atoms with van der Waals surface area (Å²) < 4.78 is 5.08. The summed E-state index contributed by atoms with van der Waals surface area (Å²) in [5, 5.41) is 11.2. The Kier molecular flexibility index (Phi) is 4.11. The molecule has 80 valence electrons. The van der Waals surface area contributed by atoms with Crippen molar-refractivity contribution >= 4 is 38.7 Å². The fourth-order valence-electron chi connectivity index (χ4n) is 0.977. The molecule has 0 aromatic heterocycles. The molecule has 0 aliphatic heterocycles. The summed E-state index contributed by atoms with van der Waals surface area (Å²) in [6, 6.07) is 4.65. The van der Waals surface area contributed by atoms with Crippen LogP contribution in [0.1, 0.15) is 15.9 Å². The number of carbonyl (C=O) groups excluding carboxylic acids is 1. The van der Waals surface area contributed by atoms with E-state index in [4.69, 9.17) is 16.8 Å². The molecular formula is C9H7BrClNO3. The molecule has 0 atom stereocenters. The first-order valence-corrected chi connectivity index (χ1v) is 5.03. The Hall–Kier alpha value is -1.07. The van der Waals surface area contributed by atoms with Crippen molar-refractivity contribution in [3.63, 3.8) is 0 Å². The van der Waals surface area contributed by atoms with E-state index in [0.29, 0.717) is 15.6 Å². The molecule has 1 rings (SSSR count). The van der Waals surface area contributed by atoms with Gasteiger partial charge in [0, 0.05) is 10.0 Å². The van der Waals surface area contributed by atoms with Crippen molar-refractivity contribution in [2.45, 2.75) is 0 Å². The molecule has 0 fully saturated rings. The van der Waals surface area contributed by atoms with Gasteiger partial charge in [-0.15, -0.1) is 0 Å². The number of hydrogen-bond acceptors (Lipinski definition) is 4. The number of hydrogen-bond donors (Lipinski definition) is 1. The zero-order valence-electron chi connectivity index (χ0n) is 7.70. The van der Waals surface area contributed by atoms with Gasteiger partial charge in [-0.1, -0.05) is 22.8 Å². The van der Waals surface area contributed by atoms with Crippen LogP contribution in [0.25, 0.3) is 0 Å². The van der Waals surface area contributed by atoms with Gasteiger partial charge in [-0.3, -0.25) is 0 Å². The molecule has 0 heterocycles. The van der Waals surface area contributed by atoms with Gasteiger partial charge in [0.1, 0.15) is 0 Å².